The number of nitrogens with one attached hydrogen (secondary N) is 3. The average Bonchev–Trinajstić information content (AvgIpc) is 2.64. The highest BCUT2D eigenvalue weighted by atomic mass is 35.5. The van der Waals surface area contributed by atoms with E-state index >= 15 is 0 Å². The van der Waals surface area contributed by atoms with Gasteiger partial charge in [-0.1, -0.05) is 35.4 Å². The normalized spacial score (nSPS) is 10.9. The van der Waals surface area contributed by atoms with Gasteiger partial charge >= 0.3 is 6.03 Å². The second-order valence-electron chi connectivity index (χ2n) is 6.09. The summed E-state index contributed by atoms with van der Waals surface area (Å²) in [6.45, 7) is 1.92. The Morgan fingerprint density at radius 3 is 2.07 bits per heavy atom. The van der Waals surface area contributed by atoms with E-state index in [0.29, 0.717) is 22.1 Å². The predicted molar refractivity (Wildman–Crippen MR) is 113 cm³/mol. The van der Waals surface area contributed by atoms with E-state index in [2.05, 4.69) is 15.4 Å². The smallest absolute Gasteiger partial charge is 0.308 e. The van der Waals surface area contributed by atoms with Crippen LogP contribution in [-0.4, -0.2) is 14.4 Å². The summed E-state index contributed by atoms with van der Waals surface area (Å²) in [6, 6.07) is 19.2. The summed E-state index contributed by atoms with van der Waals surface area (Å²) in [5, 5.41) is 5.79. The Kier molecular flexibility index (Phi) is 5.87. The largest absolute Gasteiger partial charge is 0.323 e. The van der Waals surface area contributed by atoms with Gasteiger partial charge in [0.25, 0.3) is 10.0 Å². The first-order chi connectivity index (χ1) is 13.3. The summed E-state index contributed by atoms with van der Waals surface area (Å²) in [7, 11) is -3.72. The number of urea groups is 1. The van der Waals surface area contributed by atoms with Gasteiger partial charge in [-0.2, -0.15) is 0 Å². The predicted octanol–water partition coefficient (Wildman–Crippen LogP) is 5.09. The lowest BCUT2D eigenvalue weighted by molar-refractivity contribution is 0.262. The van der Waals surface area contributed by atoms with Crippen LogP contribution in [0.2, 0.25) is 5.02 Å². The molecule has 0 bridgehead atoms. The fourth-order valence-electron chi connectivity index (χ4n) is 2.41. The Morgan fingerprint density at radius 2 is 1.43 bits per heavy atom. The third kappa shape index (κ3) is 5.25. The molecule has 3 aromatic rings. The van der Waals surface area contributed by atoms with Crippen LogP contribution in [0.1, 0.15) is 5.56 Å². The molecular formula is C20H18ClN3O3S. The van der Waals surface area contributed by atoms with E-state index in [4.69, 9.17) is 11.6 Å². The second kappa shape index (κ2) is 8.33. The highest BCUT2D eigenvalue weighted by Crippen LogP contribution is 2.19. The van der Waals surface area contributed by atoms with Crippen LogP contribution in [0, 0.1) is 6.92 Å². The Morgan fingerprint density at radius 1 is 0.821 bits per heavy atom. The second-order valence-corrected chi connectivity index (χ2v) is 8.20. The van der Waals surface area contributed by atoms with Crippen LogP contribution in [-0.2, 0) is 10.0 Å². The molecule has 2 amide bonds. The van der Waals surface area contributed by atoms with Crippen molar-refractivity contribution in [1.82, 2.24) is 0 Å². The minimum absolute atomic E-state index is 0.0916. The van der Waals surface area contributed by atoms with Crippen molar-refractivity contribution in [2.45, 2.75) is 11.8 Å². The summed E-state index contributed by atoms with van der Waals surface area (Å²) >= 11 is 5.88. The first-order valence-electron chi connectivity index (χ1n) is 8.35. The third-order valence-corrected chi connectivity index (χ3v) is 5.44. The third-order valence-electron chi connectivity index (χ3n) is 3.81. The lowest BCUT2D eigenvalue weighted by Gasteiger charge is -2.10. The van der Waals surface area contributed by atoms with Crippen LogP contribution >= 0.6 is 11.6 Å². The van der Waals surface area contributed by atoms with E-state index in [0.717, 1.165) is 5.56 Å². The number of carbonyl (C=O) groups excluding carboxylic acids is 1. The van der Waals surface area contributed by atoms with Gasteiger partial charge in [-0.15, -0.1) is 0 Å². The van der Waals surface area contributed by atoms with E-state index in [9.17, 15) is 13.2 Å². The van der Waals surface area contributed by atoms with E-state index in [1.165, 1.54) is 24.3 Å². The van der Waals surface area contributed by atoms with Gasteiger partial charge in [0.05, 0.1) is 4.90 Å². The van der Waals surface area contributed by atoms with E-state index in [1.807, 2.05) is 19.1 Å². The zero-order chi connectivity index (χ0) is 20.1. The number of aryl methyl sites for hydroxylation is 1. The molecule has 0 radical (unpaired) electrons. The molecule has 3 rings (SSSR count). The van der Waals surface area contributed by atoms with E-state index in [1.54, 1.807) is 36.4 Å². The van der Waals surface area contributed by atoms with Gasteiger partial charge in [-0.3, -0.25) is 4.72 Å². The molecule has 0 saturated heterocycles. The van der Waals surface area contributed by atoms with Gasteiger partial charge < -0.3 is 10.6 Å². The molecular weight excluding hydrogens is 398 g/mol. The maximum Gasteiger partial charge on any atom is 0.323 e. The van der Waals surface area contributed by atoms with E-state index < -0.39 is 16.1 Å². The van der Waals surface area contributed by atoms with Gasteiger partial charge in [0.2, 0.25) is 0 Å². The molecule has 0 fully saturated rings. The molecule has 144 valence electrons. The first-order valence-corrected chi connectivity index (χ1v) is 10.2. The number of carbonyl (C=O) groups is 1. The zero-order valence-electron chi connectivity index (χ0n) is 14.9. The molecule has 0 heterocycles. The Bertz CT molecular complexity index is 1080. The SMILES string of the molecule is Cc1ccc(NS(=O)(=O)c2ccc(NC(=O)Nc3cccc(Cl)c3)cc2)cc1. The van der Waals surface area contributed by atoms with Gasteiger partial charge in [-0.05, 0) is 61.5 Å². The molecule has 0 aliphatic rings. The monoisotopic (exact) mass is 415 g/mol. The number of amides is 2. The molecule has 0 atom stereocenters. The van der Waals surface area contributed by atoms with Gasteiger partial charge in [0.1, 0.15) is 0 Å². The van der Waals surface area contributed by atoms with Crippen LogP contribution in [0.3, 0.4) is 0 Å². The van der Waals surface area contributed by atoms with Gasteiger partial charge in [0.15, 0.2) is 0 Å². The molecule has 3 N–H and O–H groups in total. The molecule has 0 aliphatic carbocycles. The van der Waals surface area contributed by atoms with Crippen LogP contribution in [0.5, 0.6) is 0 Å². The summed E-state index contributed by atoms with van der Waals surface area (Å²) < 4.78 is 27.5. The van der Waals surface area contributed by atoms with Crippen molar-refractivity contribution in [2.24, 2.45) is 0 Å². The van der Waals surface area contributed by atoms with Gasteiger partial charge in [0, 0.05) is 22.1 Å². The van der Waals surface area contributed by atoms with Gasteiger partial charge in [-0.25, -0.2) is 13.2 Å². The van der Waals surface area contributed by atoms with Crippen molar-refractivity contribution in [3.05, 3.63) is 83.4 Å². The highest BCUT2D eigenvalue weighted by Gasteiger charge is 2.14. The molecule has 6 nitrogen and oxygen atoms in total. The van der Waals surface area contributed by atoms with Crippen molar-refractivity contribution in [1.29, 1.82) is 0 Å². The molecule has 0 unspecified atom stereocenters. The van der Waals surface area contributed by atoms with Crippen molar-refractivity contribution in [3.8, 4) is 0 Å². The Labute approximate surface area is 168 Å². The summed E-state index contributed by atoms with van der Waals surface area (Å²) in [5.41, 5.74) is 2.52. The highest BCUT2D eigenvalue weighted by molar-refractivity contribution is 7.92. The number of halogens is 1. The van der Waals surface area contributed by atoms with Crippen LogP contribution in [0.15, 0.2) is 77.7 Å². The summed E-state index contributed by atoms with van der Waals surface area (Å²) in [6.07, 6.45) is 0. The Hall–Kier alpha value is -3.03. The molecule has 0 saturated carbocycles. The van der Waals surface area contributed by atoms with Crippen LogP contribution in [0.25, 0.3) is 0 Å². The molecule has 3 aromatic carbocycles. The Balaban J connectivity index is 1.65. The summed E-state index contributed by atoms with van der Waals surface area (Å²) in [4.78, 5) is 12.1. The molecule has 0 aromatic heterocycles. The van der Waals surface area contributed by atoms with Crippen LogP contribution < -0.4 is 15.4 Å². The van der Waals surface area contributed by atoms with Crippen molar-refractivity contribution in [3.63, 3.8) is 0 Å². The fourth-order valence-corrected chi connectivity index (χ4v) is 3.66. The standard InChI is InChI=1S/C20H18ClN3O3S/c1-14-5-7-17(8-6-14)24-28(26,27)19-11-9-16(10-12-19)22-20(25)23-18-4-2-3-15(21)13-18/h2-13,24H,1H3,(H2,22,23,25). The molecule has 28 heavy (non-hydrogen) atoms. The number of hydrogen-bond acceptors (Lipinski definition) is 3. The summed E-state index contributed by atoms with van der Waals surface area (Å²) in [5.74, 6) is 0. The number of hydrogen-bond donors (Lipinski definition) is 3. The number of benzene rings is 3. The lowest BCUT2D eigenvalue weighted by atomic mass is 10.2. The lowest BCUT2D eigenvalue weighted by Crippen LogP contribution is -2.19. The number of anilines is 3. The van der Waals surface area contributed by atoms with Crippen LogP contribution in [0.4, 0.5) is 21.9 Å². The first kappa shape index (κ1) is 19.7. The minimum atomic E-state index is -3.72. The number of rotatable bonds is 5. The van der Waals surface area contributed by atoms with Crippen molar-refractivity contribution in [2.75, 3.05) is 15.4 Å². The quantitative estimate of drug-likeness (QED) is 0.542. The zero-order valence-corrected chi connectivity index (χ0v) is 16.5. The molecule has 0 spiro atoms. The van der Waals surface area contributed by atoms with Crippen molar-refractivity contribution >= 4 is 44.7 Å². The average molecular weight is 416 g/mol. The molecule has 0 aliphatic heterocycles. The topological polar surface area (TPSA) is 87.3 Å². The maximum absolute atomic E-state index is 12.5. The minimum Gasteiger partial charge on any atom is -0.308 e. The fraction of sp³-hybridized carbons (Fsp3) is 0.0500. The number of sulfonamides is 1. The maximum atomic E-state index is 12.5. The van der Waals surface area contributed by atoms with E-state index in [-0.39, 0.29) is 4.90 Å². The molecule has 8 heteroatoms. The van der Waals surface area contributed by atoms with Crippen molar-refractivity contribution < 1.29 is 13.2 Å².